The van der Waals surface area contributed by atoms with Crippen LogP contribution in [-0.4, -0.2) is 46.9 Å². The minimum absolute atomic E-state index is 0.00588. The highest BCUT2D eigenvalue weighted by molar-refractivity contribution is 6.04. The van der Waals surface area contributed by atoms with E-state index in [2.05, 4.69) is 5.32 Å². The maximum atomic E-state index is 12.3. The van der Waals surface area contributed by atoms with E-state index in [1.54, 1.807) is 12.1 Å². The number of carboxylic acids is 1. The second-order valence-electron chi connectivity index (χ2n) is 6.20. The summed E-state index contributed by atoms with van der Waals surface area (Å²) in [5, 5.41) is 12.0. The fraction of sp³-hybridized carbons (Fsp3) is 0.471. The van der Waals surface area contributed by atoms with Gasteiger partial charge >= 0.3 is 5.97 Å². The topological polar surface area (TPSA) is 86.7 Å². The third-order valence-electron chi connectivity index (χ3n) is 4.47. The van der Waals surface area contributed by atoms with Crippen LogP contribution in [0, 0.1) is 5.92 Å². The molecule has 6 nitrogen and oxygen atoms in total. The Morgan fingerprint density at radius 3 is 2.17 bits per heavy atom. The average Bonchev–Trinajstić information content (AvgIpc) is 3.39. The van der Waals surface area contributed by atoms with E-state index >= 15 is 0 Å². The van der Waals surface area contributed by atoms with Crippen LogP contribution in [-0.2, 0) is 4.79 Å². The van der Waals surface area contributed by atoms with Gasteiger partial charge in [0.05, 0.1) is 11.1 Å². The van der Waals surface area contributed by atoms with E-state index in [-0.39, 0.29) is 34.9 Å². The van der Waals surface area contributed by atoms with Crippen molar-refractivity contribution in [3.8, 4) is 0 Å². The molecule has 2 N–H and O–H groups in total. The van der Waals surface area contributed by atoms with E-state index < -0.39 is 5.97 Å². The summed E-state index contributed by atoms with van der Waals surface area (Å²) in [6.07, 6.45) is 3.42. The van der Waals surface area contributed by atoms with Crippen LogP contribution in [0.5, 0.6) is 0 Å². The highest BCUT2D eigenvalue weighted by Crippen LogP contribution is 2.31. The molecule has 23 heavy (non-hydrogen) atoms. The van der Waals surface area contributed by atoms with Crippen molar-refractivity contribution in [3.05, 3.63) is 35.4 Å². The third-order valence-corrected chi connectivity index (χ3v) is 4.47. The van der Waals surface area contributed by atoms with Crippen molar-refractivity contribution < 1.29 is 19.5 Å². The SMILES string of the molecule is O=C(O)c1ccccc1C(=O)NC1CCN(C(=O)C2CC2)CC1. The van der Waals surface area contributed by atoms with Crippen LogP contribution in [0.4, 0.5) is 0 Å². The molecule has 3 rings (SSSR count). The van der Waals surface area contributed by atoms with E-state index in [1.807, 2.05) is 4.90 Å². The van der Waals surface area contributed by atoms with Crippen LogP contribution in [0.15, 0.2) is 24.3 Å². The molecule has 2 fully saturated rings. The minimum atomic E-state index is -1.11. The molecule has 0 unspecified atom stereocenters. The van der Waals surface area contributed by atoms with Crippen LogP contribution >= 0.6 is 0 Å². The van der Waals surface area contributed by atoms with E-state index in [0.29, 0.717) is 25.9 Å². The summed E-state index contributed by atoms with van der Waals surface area (Å²) in [5.74, 6) is -1.01. The summed E-state index contributed by atoms with van der Waals surface area (Å²) >= 11 is 0. The van der Waals surface area contributed by atoms with Crippen molar-refractivity contribution >= 4 is 17.8 Å². The number of carbonyl (C=O) groups excluding carboxylic acids is 2. The van der Waals surface area contributed by atoms with E-state index in [9.17, 15) is 14.4 Å². The average molecular weight is 316 g/mol. The normalized spacial score (nSPS) is 18.5. The van der Waals surface area contributed by atoms with Gasteiger partial charge in [0.25, 0.3) is 5.91 Å². The van der Waals surface area contributed by atoms with Crippen molar-refractivity contribution in [1.29, 1.82) is 0 Å². The Morgan fingerprint density at radius 1 is 1.00 bits per heavy atom. The molecule has 1 aliphatic heterocycles. The minimum Gasteiger partial charge on any atom is -0.478 e. The molecule has 0 radical (unpaired) electrons. The first-order valence-electron chi connectivity index (χ1n) is 7.98. The van der Waals surface area contributed by atoms with Crippen LogP contribution in [0.25, 0.3) is 0 Å². The van der Waals surface area contributed by atoms with Crippen LogP contribution < -0.4 is 5.32 Å². The van der Waals surface area contributed by atoms with Gasteiger partial charge in [0.15, 0.2) is 0 Å². The molecule has 1 aromatic rings. The number of rotatable bonds is 4. The standard InChI is InChI=1S/C17H20N2O4/c20-15(13-3-1-2-4-14(13)17(22)23)18-12-7-9-19(10-8-12)16(21)11-5-6-11/h1-4,11-12H,5-10H2,(H,18,20)(H,22,23). The number of carboxylic acid groups (broad SMARTS) is 1. The lowest BCUT2D eigenvalue weighted by atomic mass is 10.0. The molecule has 0 bridgehead atoms. The van der Waals surface area contributed by atoms with Crippen molar-refractivity contribution in [2.75, 3.05) is 13.1 Å². The molecule has 1 aromatic carbocycles. The molecule has 1 saturated heterocycles. The Balaban J connectivity index is 1.57. The molecule has 0 aromatic heterocycles. The van der Waals surface area contributed by atoms with Gasteiger partial charge in [-0.2, -0.15) is 0 Å². The monoisotopic (exact) mass is 316 g/mol. The van der Waals surface area contributed by atoms with Crippen LogP contribution in [0.1, 0.15) is 46.4 Å². The summed E-state index contributed by atoms with van der Waals surface area (Å²) in [4.78, 5) is 37.4. The molecule has 1 saturated carbocycles. The van der Waals surface area contributed by atoms with Gasteiger partial charge in [0, 0.05) is 25.0 Å². The number of piperidine rings is 1. The van der Waals surface area contributed by atoms with Gasteiger partial charge in [-0.1, -0.05) is 12.1 Å². The van der Waals surface area contributed by atoms with Crippen molar-refractivity contribution in [1.82, 2.24) is 10.2 Å². The van der Waals surface area contributed by atoms with Crippen molar-refractivity contribution in [2.45, 2.75) is 31.7 Å². The van der Waals surface area contributed by atoms with Gasteiger partial charge in [-0.15, -0.1) is 0 Å². The number of amides is 2. The smallest absolute Gasteiger partial charge is 0.336 e. The van der Waals surface area contributed by atoms with Crippen LogP contribution in [0.2, 0.25) is 0 Å². The highest BCUT2D eigenvalue weighted by atomic mass is 16.4. The largest absolute Gasteiger partial charge is 0.478 e. The van der Waals surface area contributed by atoms with E-state index in [1.165, 1.54) is 12.1 Å². The molecule has 1 heterocycles. The Hall–Kier alpha value is -2.37. The van der Waals surface area contributed by atoms with Crippen molar-refractivity contribution in [3.63, 3.8) is 0 Å². The zero-order valence-electron chi connectivity index (χ0n) is 12.8. The second kappa shape index (κ2) is 6.40. The number of hydrogen-bond acceptors (Lipinski definition) is 3. The van der Waals surface area contributed by atoms with Gasteiger partial charge in [-0.3, -0.25) is 9.59 Å². The predicted octanol–water partition coefficient (Wildman–Crippen LogP) is 1.52. The molecule has 2 aliphatic rings. The number of nitrogens with one attached hydrogen (secondary N) is 1. The Labute approximate surface area is 134 Å². The van der Waals surface area contributed by atoms with Crippen LogP contribution in [0.3, 0.4) is 0 Å². The third kappa shape index (κ3) is 3.52. The maximum absolute atomic E-state index is 12.3. The molecule has 122 valence electrons. The summed E-state index contributed by atoms with van der Waals surface area (Å²) in [7, 11) is 0. The van der Waals surface area contributed by atoms with Gasteiger partial charge < -0.3 is 15.3 Å². The lowest BCUT2D eigenvalue weighted by molar-refractivity contribution is -0.133. The summed E-state index contributed by atoms with van der Waals surface area (Å²) in [6.45, 7) is 1.31. The van der Waals surface area contributed by atoms with Gasteiger partial charge in [-0.05, 0) is 37.8 Å². The molecular formula is C17H20N2O4. The van der Waals surface area contributed by atoms with Gasteiger partial charge in [0.2, 0.25) is 5.91 Å². The predicted molar refractivity (Wildman–Crippen MR) is 83.2 cm³/mol. The first kappa shape index (κ1) is 15.5. The lowest BCUT2D eigenvalue weighted by Crippen LogP contribution is -2.47. The van der Waals surface area contributed by atoms with Gasteiger partial charge in [-0.25, -0.2) is 4.79 Å². The first-order chi connectivity index (χ1) is 11.1. The number of nitrogens with zero attached hydrogens (tertiary/aromatic N) is 1. The van der Waals surface area contributed by atoms with E-state index in [4.69, 9.17) is 5.11 Å². The number of aromatic carboxylic acids is 1. The molecule has 6 heteroatoms. The number of hydrogen-bond donors (Lipinski definition) is 2. The van der Waals surface area contributed by atoms with Crippen molar-refractivity contribution in [2.24, 2.45) is 5.92 Å². The molecular weight excluding hydrogens is 296 g/mol. The Bertz CT molecular complexity index is 631. The zero-order valence-corrected chi connectivity index (χ0v) is 12.8. The number of carbonyl (C=O) groups is 3. The van der Waals surface area contributed by atoms with Gasteiger partial charge in [0.1, 0.15) is 0 Å². The molecule has 1 aliphatic carbocycles. The molecule has 2 amide bonds. The lowest BCUT2D eigenvalue weighted by Gasteiger charge is -2.32. The number of likely N-dealkylation sites (tertiary alicyclic amines) is 1. The molecule has 0 atom stereocenters. The zero-order chi connectivity index (χ0) is 16.4. The Morgan fingerprint density at radius 2 is 1.61 bits per heavy atom. The molecule has 0 spiro atoms. The second-order valence-corrected chi connectivity index (χ2v) is 6.20. The summed E-state index contributed by atoms with van der Waals surface area (Å²) in [5.41, 5.74) is 0.183. The number of benzene rings is 1. The maximum Gasteiger partial charge on any atom is 0.336 e. The highest BCUT2D eigenvalue weighted by Gasteiger charge is 2.35. The Kier molecular flexibility index (Phi) is 4.32. The fourth-order valence-corrected chi connectivity index (χ4v) is 2.96. The quantitative estimate of drug-likeness (QED) is 0.881. The summed E-state index contributed by atoms with van der Waals surface area (Å²) in [6, 6.07) is 6.17. The van der Waals surface area contributed by atoms with E-state index in [0.717, 1.165) is 12.8 Å². The summed E-state index contributed by atoms with van der Waals surface area (Å²) < 4.78 is 0. The first-order valence-corrected chi connectivity index (χ1v) is 7.98. The fourth-order valence-electron chi connectivity index (χ4n) is 2.96.